The van der Waals surface area contributed by atoms with Crippen LogP contribution in [0.1, 0.15) is 37.4 Å². The average Bonchev–Trinajstić information content (AvgIpc) is 3.19. The first-order valence-corrected chi connectivity index (χ1v) is 11.8. The van der Waals surface area contributed by atoms with Gasteiger partial charge in [-0.25, -0.2) is 0 Å². The quantitative estimate of drug-likeness (QED) is 0.268. The highest BCUT2D eigenvalue weighted by Gasteiger charge is 2.22. The van der Waals surface area contributed by atoms with Crippen LogP contribution in [-0.2, 0) is 11.8 Å². The summed E-state index contributed by atoms with van der Waals surface area (Å²) in [6.07, 6.45) is 1.15. The van der Waals surface area contributed by atoms with Gasteiger partial charge >= 0.3 is 0 Å². The molecule has 5 aromatic heterocycles. The smallest absolute Gasteiger partial charge is 0.0651 e. The number of fused-ring (bicyclic) bond motifs is 7. The Morgan fingerprint density at radius 3 is 1.87 bits per heavy atom. The Bertz CT molecular complexity index is 1180. The molecular formula is C18H16S5. The number of rotatable bonds is 1. The molecule has 0 nitrogen and oxygen atoms in total. The second-order valence-electron chi connectivity index (χ2n) is 6.94. The molecular weight excluding hydrogens is 377 g/mol. The fourth-order valence-corrected chi connectivity index (χ4v) is 10.2. The zero-order chi connectivity index (χ0) is 15.9. The summed E-state index contributed by atoms with van der Waals surface area (Å²) < 4.78 is 12.1. The molecule has 5 heteroatoms. The van der Waals surface area contributed by atoms with Crippen LogP contribution in [0, 0.1) is 0 Å². The van der Waals surface area contributed by atoms with Crippen molar-refractivity contribution in [2.45, 2.75) is 39.5 Å². The largest absolute Gasteiger partial charge is 0.138 e. The Morgan fingerprint density at radius 2 is 1.26 bits per heavy atom. The maximum absolute atomic E-state index is 2.42. The molecule has 23 heavy (non-hydrogen) atoms. The summed E-state index contributed by atoms with van der Waals surface area (Å²) in [6.45, 7) is 9.19. The highest BCUT2D eigenvalue weighted by Crippen LogP contribution is 2.53. The van der Waals surface area contributed by atoms with Crippen LogP contribution >= 0.6 is 56.7 Å². The predicted octanol–water partition coefficient (Wildman–Crippen LogP) is 8.47. The molecule has 0 N–H and O–H groups in total. The van der Waals surface area contributed by atoms with Gasteiger partial charge in [-0.1, -0.05) is 27.7 Å². The van der Waals surface area contributed by atoms with Crippen LogP contribution in [0.2, 0.25) is 0 Å². The van der Waals surface area contributed by atoms with E-state index in [4.69, 9.17) is 0 Å². The van der Waals surface area contributed by atoms with Gasteiger partial charge in [0.05, 0.1) is 28.2 Å². The molecule has 0 saturated heterocycles. The molecule has 0 fully saturated rings. The fraction of sp³-hybridized carbons (Fsp3) is 0.333. The maximum Gasteiger partial charge on any atom is 0.0651 e. The van der Waals surface area contributed by atoms with Crippen molar-refractivity contribution in [2.24, 2.45) is 0 Å². The van der Waals surface area contributed by atoms with Crippen molar-refractivity contribution in [2.75, 3.05) is 0 Å². The van der Waals surface area contributed by atoms with E-state index in [1.807, 2.05) is 56.7 Å². The van der Waals surface area contributed by atoms with Gasteiger partial charge in [0.1, 0.15) is 0 Å². The second kappa shape index (κ2) is 4.79. The first-order valence-electron chi connectivity index (χ1n) is 7.76. The first kappa shape index (κ1) is 14.8. The lowest BCUT2D eigenvalue weighted by Crippen LogP contribution is -2.07. The van der Waals surface area contributed by atoms with Gasteiger partial charge in [-0.15, -0.1) is 56.7 Å². The minimum absolute atomic E-state index is 0.251. The van der Waals surface area contributed by atoms with Gasteiger partial charge in [0, 0.05) is 19.2 Å². The van der Waals surface area contributed by atoms with Crippen LogP contribution in [0.15, 0.2) is 12.1 Å². The SMILES string of the molecule is CCc1cc2sc3c(sc4c5sc(C(C)(C)C)cc5sc43)c2s1. The number of hydrogen-bond donors (Lipinski definition) is 0. The first-order chi connectivity index (χ1) is 11.0. The molecule has 0 aliphatic rings. The Kier molecular flexibility index (Phi) is 3.09. The van der Waals surface area contributed by atoms with Gasteiger partial charge < -0.3 is 0 Å². The number of thiophene rings is 5. The molecule has 0 atom stereocenters. The van der Waals surface area contributed by atoms with Crippen LogP contribution in [-0.4, -0.2) is 0 Å². The third-order valence-corrected chi connectivity index (χ3v) is 11.5. The molecule has 0 bridgehead atoms. The predicted molar refractivity (Wildman–Crippen MR) is 114 cm³/mol. The molecule has 118 valence electrons. The van der Waals surface area contributed by atoms with E-state index >= 15 is 0 Å². The molecule has 0 amide bonds. The summed E-state index contributed by atoms with van der Waals surface area (Å²) in [5, 5.41) is 0. The molecule has 0 unspecified atom stereocenters. The third-order valence-electron chi connectivity index (χ3n) is 4.19. The van der Waals surface area contributed by atoms with E-state index in [-0.39, 0.29) is 5.41 Å². The van der Waals surface area contributed by atoms with Crippen LogP contribution in [0.4, 0.5) is 0 Å². The average molecular weight is 393 g/mol. The van der Waals surface area contributed by atoms with E-state index in [2.05, 4.69) is 39.8 Å². The number of aryl methyl sites for hydroxylation is 1. The molecule has 5 aromatic rings. The van der Waals surface area contributed by atoms with E-state index in [9.17, 15) is 0 Å². The van der Waals surface area contributed by atoms with E-state index in [1.165, 1.54) is 47.4 Å². The summed E-state index contributed by atoms with van der Waals surface area (Å²) >= 11 is 10.0. The summed E-state index contributed by atoms with van der Waals surface area (Å²) in [4.78, 5) is 3.02. The summed E-state index contributed by atoms with van der Waals surface area (Å²) in [7, 11) is 0. The van der Waals surface area contributed by atoms with Crippen molar-refractivity contribution in [1.82, 2.24) is 0 Å². The summed E-state index contributed by atoms with van der Waals surface area (Å²) in [5.41, 5.74) is 0.251. The monoisotopic (exact) mass is 392 g/mol. The van der Waals surface area contributed by atoms with E-state index in [1.54, 1.807) is 0 Å². The number of hydrogen-bond acceptors (Lipinski definition) is 5. The van der Waals surface area contributed by atoms with Crippen LogP contribution < -0.4 is 0 Å². The van der Waals surface area contributed by atoms with Crippen molar-refractivity contribution in [3.8, 4) is 0 Å². The van der Waals surface area contributed by atoms with Gasteiger partial charge in [0.2, 0.25) is 0 Å². The van der Waals surface area contributed by atoms with E-state index in [0.29, 0.717) is 0 Å². The second-order valence-corrected chi connectivity index (χ2v) is 12.3. The van der Waals surface area contributed by atoms with Gasteiger partial charge in [0.25, 0.3) is 0 Å². The maximum atomic E-state index is 2.42. The molecule has 0 radical (unpaired) electrons. The minimum atomic E-state index is 0.251. The zero-order valence-corrected chi connectivity index (χ0v) is 17.5. The van der Waals surface area contributed by atoms with Gasteiger partial charge in [-0.05, 0) is 24.0 Å². The van der Waals surface area contributed by atoms with Gasteiger partial charge in [0.15, 0.2) is 0 Å². The van der Waals surface area contributed by atoms with Crippen molar-refractivity contribution in [1.29, 1.82) is 0 Å². The lowest BCUT2D eigenvalue weighted by Gasteiger charge is -2.14. The Hall–Kier alpha value is -0.460. The third kappa shape index (κ3) is 2.04. The molecule has 5 rings (SSSR count). The minimum Gasteiger partial charge on any atom is -0.138 e. The van der Waals surface area contributed by atoms with Crippen LogP contribution in [0.25, 0.3) is 37.6 Å². The molecule has 0 aliphatic carbocycles. The van der Waals surface area contributed by atoms with Crippen molar-refractivity contribution in [3.63, 3.8) is 0 Å². The highest BCUT2D eigenvalue weighted by molar-refractivity contribution is 7.48. The Morgan fingerprint density at radius 1 is 0.696 bits per heavy atom. The molecule has 0 aromatic carbocycles. The van der Waals surface area contributed by atoms with Crippen molar-refractivity contribution >= 4 is 94.3 Å². The normalized spacial score (nSPS) is 13.4. The molecule has 0 saturated carbocycles. The summed E-state index contributed by atoms with van der Waals surface area (Å²) in [5.74, 6) is 0. The molecule has 5 heterocycles. The topological polar surface area (TPSA) is 0 Å². The molecule has 0 aliphatic heterocycles. The zero-order valence-electron chi connectivity index (χ0n) is 13.4. The van der Waals surface area contributed by atoms with Crippen molar-refractivity contribution in [3.05, 3.63) is 21.9 Å². The van der Waals surface area contributed by atoms with Gasteiger partial charge in [-0.3, -0.25) is 0 Å². The molecule has 0 spiro atoms. The lowest BCUT2D eigenvalue weighted by molar-refractivity contribution is 0.604. The van der Waals surface area contributed by atoms with E-state index < -0.39 is 0 Å². The summed E-state index contributed by atoms with van der Waals surface area (Å²) in [6, 6.07) is 4.82. The highest BCUT2D eigenvalue weighted by atomic mass is 32.1. The lowest BCUT2D eigenvalue weighted by atomic mass is 9.95. The van der Waals surface area contributed by atoms with Crippen LogP contribution in [0.5, 0.6) is 0 Å². The Balaban J connectivity index is 1.84. The van der Waals surface area contributed by atoms with Gasteiger partial charge in [-0.2, -0.15) is 0 Å². The standard InChI is InChI=1S/C18H16S5/c1-5-8-6-9-12(19-8)14-16(20-9)17-15(23-14)13-10(21-17)7-11(22-13)18(2,3)4/h6-7H,5H2,1-4H3. The fourth-order valence-electron chi connectivity index (χ4n) is 2.91. The Labute approximate surface area is 155 Å². The van der Waals surface area contributed by atoms with Crippen molar-refractivity contribution < 1.29 is 0 Å². The van der Waals surface area contributed by atoms with Crippen LogP contribution in [0.3, 0.4) is 0 Å². The van der Waals surface area contributed by atoms with E-state index in [0.717, 1.165) is 6.42 Å².